The minimum absolute atomic E-state index is 0.112. The third-order valence-electron chi connectivity index (χ3n) is 1.38. The molecule has 0 heterocycles. The van der Waals surface area contributed by atoms with Crippen LogP contribution in [-0.2, 0) is 9.53 Å². The van der Waals surface area contributed by atoms with Crippen LogP contribution in [0.25, 0.3) is 0 Å². The van der Waals surface area contributed by atoms with Crippen LogP contribution in [0.3, 0.4) is 0 Å². The van der Waals surface area contributed by atoms with E-state index in [1.54, 1.807) is 0 Å². The summed E-state index contributed by atoms with van der Waals surface area (Å²) >= 11 is 0. The first-order chi connectivity index (χ1) is 5.70. The lowest BCUT2D eigenvalue weighted by molar-refractivity contribution is -0.147. The zero-order valence-corrected chi connectivity index (χ0v) is 7.32. The Morgan fingerprint density at radius 3 is 2.75 bits per heavy atom. The van der Waals surface area contributed by atoms with E-state index in [-0.39, 0.29) is 19.2 Å². The molecular formula is C8H16O4. The van der Waals surface area contributed by atoms with E-state index in [1.165, 1.54) is 0 Å². The van der Waals surface area contributed by atoms with Crippen LogP contribution in [-0.4, -0.2) is 35.5 Å². The average molecular weight is 176 g/mol. The molecule has 0 aromatic rings. The van der Waals surface area contributed by atoms with Crippen LogP contribution in [0.4, 0.5) is 0 Å². The van der Waals surface area contributed by atoms with Crippen LogP contribution < -0.4 is 0 Å². The van der Waals surface area contributed by atoms with Crippen LogP contribution >= 0.6 is 0 Å². The quantitative estimate of drug-likeness (QED) is 0.562. The van der Waals surface area contributed by atoms with Gasteiger partial charge in [-0.25, -0.2) is 0 Å². The van der Waals surface area contributed by atoms with Gasteiger partial charge in [0.25, 0.3) is 0 Å². The SMILES string of the molecule is CCCCC(=O)OC[C@H](O)CO. The molecular weight excluding hydrogens is 160 g/mol. The van der Waals surface area contributed by atoms with Crippen molar-refractivity contribution in [2.24, 2.45) is 0 Å². The van der Waals surface area contributed by atoms with Gasteiger partial charge < -0.3 is 14.9 Å². The Morgan fingerprint density at radius 1 is 1.58 bits per heavy atom. The second kappa shape index (κ2) is 7.06. The van der Waals surface area contributed by atoms with Gasteiger partial charge in [-0.1, -0.05) is 13.3 Å². The van der Waals surface area contributed by atoms with Crippen LogP contribution in [0.5, 0.6) is 0 Å². The molecule has 0 spiro atoms. The molecule has 0 rings (SSSR count). The van der Waals surface area contributed by atoms with Crippen LogP contribution in [0.15, 0.2) is 0 Å². The summed E-state index contributed by atoms with van der Waals surface area (Å²) in [5, 5.41) is 17.2. The normalized spacial score (nSPS) is 12.6. The van der Waals surface area contributed by atoms with E-state index >= 15 is 0 Å². The summed E-state index contributed by atoms with van der Waals surface area (Å²) in [6.07, 6.45) is 1.18. The summed E-state index contributed by atoms with van der Waals surface area (Å²) in [7, 11) is 0. The Kier molecular flexibility index (Phi) is 6.70. The second-order valence-corrected chi connectivity index (χ2v) is 2.62. The number of carbonyl (C=O) groups is 1. The van der Waals surface area contributed by atoms with E-state index in [0.717, 1.165) is 12.8 Å². The molecule has 0 aliphatic carbocycles. The van der Waals surface area contributed by atoms with Gasteiger partial charge in [0, 0.05) is 6.42 Å². The topological polar surface area (TPSA) is 66.8 Å². The Balaban J connectivity index is 3.31. The Hall–Kier alpha value is -0.610. The second-order valence-electron chi connectivity index (χ2n) is 2.62. The summed E-state index contributed by atoms with van der Waals surface area (Å²) in [6, 6.07) is 0. The molecule has 0 aliphatic rings. The molecule has 0 fully saturated rings. The van der Waals surface area contributed by atoms with Crippen LogP contribution in [0.1, 0.15) is 26.2 Å². The van der Waals surface area contributed by atoms with Crippen molar-refractivity contribution < 1.29 is 19.7 Å². The maximum absolute atomic E-state index is 10.8. The van der Waals surface area contributed by atoms with Gasteiger partial charge in [-0.2, -0.15) is 0 Å². The maximum Gasteiger partial charge on any atom is 0.305 e. The molecule has 1 atom stereocenters. The number of rotatable bonds is 6. The first kappa shape index (κ1) is 11.4. The fourth-order valence-corrected chi connectivity index (χ4v) is 0.635. The van der Waals surface area contributed by atoms with Gasteiger partial charge in [-0.15, -0.1) is 0 Å². The van der Waals surface area contributed by atoms with E-state index in [1.807, 2.05) is 6.92 Å². The average Bonchev–Trinajstić information content (AvgIpc) is 2.10. The lowest BCUT2D eigenvalue weighted by Crippen LogP contribution is -2.21. The van der Waals surface area contributed by atoms with Crippen molar-refractivity contribution in [1.82, 2.24) is 0 Å². The van der Waals surface area contributed by atoms with Gasteiger partial charge in [0.05, 0.1) is 6.61 Å². The van der Waals surface area contributed by atoms with Gasteiger partial charge in [-0.05, 0) is 6.42 Å². The first-order valence-electron chi connectivity index (χ1n) is 4.15. The Morgan fingerprint density at radius 2 is 2.25 bits per heavy atom. The molecule has 0 saturated heterocycles. The zero-order valence-electron chi connectivity index (χ0n) is 7.32. The predicted octanol–water partition coefficient (Wildman–Crippen LogP) is 0.0730. The maximum atomic E-state index is 10.8. The van der Waals surface area contributed by atoms with E-state index < -0.39 is 6.10 Å². The summed E-state index contributed by atoms with van der Waals surface area (Å²) in [5.41, 5.74) is 0. The van der Waals surface area contributed by atoms with Gasteiger partial charge >= 0.3 is 5.97 Å². The van der Waals surface area contributed by atoms with Crippen molar-refractivity contribution in [2.45, 2.75) is 32.3 Å². The number of aliphatic hydroxyl groups is 2. The molecule has 4 nitrogen and oxygen atoms in total. The molecule has 0 saturated carbocycles. The number of carbonyl (C=O) groups excluding carboxylic acids is 1. The molecule has 0 aromatic carbocycles. The number of hydrogen-bond donors (Lipinski definition) is 2. The van der Waals surface area contributed by atoms with E-state index in [9.17, 15) is 4.79 Å². The highest BCUT2D eigenvalue weighted by Crippen LogP contribution is 1.96. The third-order valence-corrected chi connectivity index (χ3v) is 1.38. The monoisotopic (exact) mass is 176 g/mol. The number of esters is 1. The summed E-state index contributed by atoms with van der Waals surface area (Å²) in [4.78, 5) is 10.8. The predicted molar refractivity (Wildman–Crippen MR) is 43.6 cm³/mol. The summed E-state index contributed by atoms with van der Waals surface area (Å²) in [5.74, 6) is -0.315. The molecule has 4 heteroatoms. The standard InChI is InChI=1S/C8H16O4/c1-2-3-4-8(11)12-6-7(10)5-9/h7,9-10H,2-6H2,1H3/t7-/m1/s1. The van der Waals surface area contributed by atoms with Crippen LogP contribution in [0.2, 0.25) is 0 Å². The van der Waals surface area contributed by atoms with Crippen molar-refractivity contribution >= 4 is 5.97 Å². The molecule has 0 aliphatic heterocycles. The van der Waals surface area contributed by atoms with Crippen molar-refractivity contribution in [1.29, 1.82) is 0 Å². The van der Waals surface area contributed by atoms with E-state index in [4.69, 9.17) is 10.2 Å². The molecule has 0 aromatic heterocycles. The molecule has 0 radical (unpaired) electrons. The number of unbranched alkanes of at least 4 members (excludes halogenated alkanes) is 1. The lowest BCUT2D eigenvalue weighted by atomic mass is 10.2. The highest BCUT2D eigenvalue weighted by atomic mass is 16.5. The molecule has 0 unspecified atom stereocenters. The highest BCUT2D eigenvalue weighted by Gasteiger charge is 2.06. The van der Waals surface area contributed by atoms with E-state index in [0.29, 0.717) is 6.42 Å². The van der Waals surface area contributed by atoms with Gasteiger partial charge in [0.2, 0.25) is 0 Å². The third kappa shape index (κ3) is 6.12. The Labute approximate surface area is 72.2 Å². The first-order valence-corrected chi connectivity index (χ1v) is 4.15. The Bertz CT molecular complexity index is 124. The molecule has 0 bridgehead atoms. The van der Waals surface area contributed by atoms with E-state index in [2.05, 4.69) is 4.74 Å². The molecule has 12 heavy (non-hydrogen) atoms. The number of hydrogen-bond acceptors (Lipinski definition) is 4. The highest BCUT2D eigenvalue weighted by molar-refractivity contribution is 5.69. The fraction of sp³-hybridized carbons (Fsp3) is 0.875. The smallest absolute Gasteiger partial charge is 0.305 e. The van der Waals surface area contributed by atoms with Gasteiger partial charge in [0.15, 0.2) is 0 Å². The zero-order chi connectivity index (χ0) is 9.40. The molecule has 72 valence electrons. The number of aliphatic hydroxyl groups excluding tert-OH is 2. The fourth-order valence-electron chi connectivity index (χ4n) is 0.635. The number of ether oxygens (including phenoxy) is 1. The minimum atomic E-state index is -0.949. The largest absolute Gasteiger partial charge is 0.463 e. The minimum Gasteiger partial charge on any atom is -0.463 e. The van der Waals surface area contributed by atoms with Crippen molar-refractivity contribution in [3.63, 3.8) is 0 Å². The van der Waals surface area contributed by atoms with Crippen molar-refractivity contribution in [3.8, 4) is 0 Å². The van der Waals surface area contributed by atoms with Crippen LogP contribution in [0, 0.1) is 0 Å². The van der Waals surface area contributed by atoms with Crippen molar-refractivity contribution in [2.75, 3.05) is 13.2 Å². The van der Waals surface area contributed by atoms with Gasteiger partial charge in [0.1, 0.15) is 12.7 Å². The molecule has 0 amide bonds. The van der Waals surface area contributed by atoms with Gasteiger partial charge in [-0.3, -0.25) is 4.79 Å². The molecule has 2 N–H and O–H groups in total. The summed E-state index contributed by atoms with van der Waals surface area (Å²) < 4.78 is 4.65. The van der Waals surface area contributed by atoms with Crippen molar-refractivity contribution in [3.05, 3.63) is 0 Å². The lowest BCUT2D eigenvalue weighted by Gasteiger charge is -2.07. The summed E-state index contributed by atoms with van der Waals surface area (Å²) in [6.45, 7) is 1.50.